The number of hydrogen-bond donors (Lipinski definition) is 3. The molecule has 0 heterocycles. The van der Waals surface area contributed by atoms with E-state index >= 15 is 0 Å². The van der Waals surface area contributed by atoms with Crippen LogP contribution in [0.25, 0.3) is 0 Å². The highest BCUT2D eigenvalue weighted by Crippen LogP contribution is 2.13. The first kappa shape index (κ1) is 17.7. The minimum absolute atomic E-state index is 0.303. The van der Waals surface area contributed by atoms with Crippen LogP contribution in [0.1, 0.15) is 30.1 Å². The van der Waals surface area contributed by atoms with Crippen LogP contribution in [0.15, 0.2) is 60.7 Å². The van der Waals surface area contributed by atoms with Crippen molar-refractivity contribution in [3.8, 4) is 0 Å². The predicted molar refractivity (Wildman–Crippen MR) is 90.3 cm³/mol. The number of carbonyl (C=O) groups is 2. The van der Waals surface area contributed by atoms with E-state index in [1.807, 2.05) is 30.3 Å². The average Bonchev–Trinajstić information content (AvgIpc) is 2.61. The Morgan fingerprint density at radius 3 is 2.12 bits per heavy atom. The Morgan fingerprint density at radius 1 is 0.958 bits per heavy atom. The number of aryl methyl sites for hydroxylation is 1. The second-order valence-corrected chi connectivity index (χ2v) is 5.59. The molecule has 126 valence electrons. The molecule has 2 aromatic rings. The van der Waals surface area contributed by atoms with Crippen LogP contribution in [-0.4, -0.2) is 28.1 Å². The third kappa shape index (κ3) is 5.21. The molecule has 0 aliphatic heterocycles. The number of carboxylic acid groups (broad SMARTS) is 1. The van der Waals surface area contributed by atoms with Gasteiger partial charge >= 0.3 is 5.97 Å². The Balaban J connectivity index is 1.88. The number of aliphatic hydroxyl groups is 1. The fraction of sp³-hybridized carbons (Fsp3) is 0.263. The number of hydrogen-bond acceptors (Lipinski definition) is 3. The number of carboxylic acids is 1. The molecular weight excluding hydrogens is 306 g/mol. The molecule has 0 aliphatic carbocycles. The summed E-state index contributed by atoms with van der Waals surface area (Å²) in [5.74, 6) is -1.80. The summed E-state index contributed by atoms with van der Waals surface area (Å²) in [5.41, 5.74) is 1.56. The van der Waals surface area contributed by atoms with Crippen molar-refractivity contribution in [1.29, 1.82) is 0 Å². The summed E-state index contributed by atoms with van der Waals surface area (Å²) in [4.78, 5) is 23.4. The predicted octanol–water partition coefficient (Wildman–Crippen LogP) is 2.31. The zero-order chi connectivity index (χ0) is 17.4. The molecule has 0 aromatic heterocycles. The highest BCUT2D eigenvalue weighted by atomic mass is 16.4. The zero-order valence-corrected chi connectivity index (χ0v) is 13.3. The lowest BCUT2D eigenvalue weighted by Gasteiger charge is -2.17. The molecule has 24 heavy (non-hydrogen) atoms. The number of aliphatic hydroxyl groups excluding tert-OH is 1. The molecule has 0 radical (unpaired) electrons. The van der Waals surface area contributed by atoms with Crippen molar-refractivity contribution >= 4 is 11.9 Å². The Morgan fingerprint density at radius 2 is 1.54 bits per heavy atom. The second kappa shape index (κ2) is 8.84. The van der Waals surface area contributed by atoms with Crippen molar-refractivity contribution in [2.24, 2.45) is 0 Å². The van der Waals surface area contributed by atoms with Gasteiger partial charge in [0.05, 0.1) is 0 Å². The number of benzene rings is 2. The lowest BCUT2D eigenvalue weighted by Crippen LogP contribution is -2.43. The summed E-state index contributed by atoms with van der Waals surface area (Å²) in [5, 5.41) is 21.7. The fourth-order valence-corrected chi connectivity index (χ4v) is 2.45. The van der Waals surface area contributed by atoms with Crippen LogP contribution < -0.4 is 5.32 Å². The van der Waals surface area contributed by atoms with Crippen LogP contribution in [0, 0.1) is 0 Å². The first-order valence-electron chi connectivity index (χ1n) is 7.88. The molecule has 0 saturated heterocycles. The average molecular weight is 327 g/mol. The van der Waals surface area contributed by atoms with E-state index in [9.17, 15) is 19.8 Å². The minimum atomic E-state index is -1.37. The standard InChI is InChI=1S/C19H21NO4/c21-17(15-11-5-2-6-12-15)18(22)20-16(19(23)24)13-7-10-14-8-3-1-4-9-14/h1-6,8-9,11-12,16-17,21H,7,10,13H2,(H,20,22)(H,23,24)/t16-,17+/m1/s1. The normalized spacial score (nSPS) is 13.0. The van der Waals surface area contributed by atoms with Crippen LogP contribution in [0.5, 0.6) is 0 Å². The van der Waals surface area contributed by atoms with Crippen molar-refractivity contribution in [2.75, 3.05) is 0 Å². The number of nitrogens with one attached hydrogen (secondary N) is 1. The first-order chi connectivity index (χ1) is 11.6. The molecule has 0 aliphatic rings. The van der Waals surface area contributed by atoms with Gasteiger partial charge in [0.25, 0.3) is 5.91 Å². The van der Waals surface area contributed by atoms with Crippen LogP contribution in [0.4, 0.5) is 0 Å². The number of amides is 1. The van der Waals surface area contributed by atoms with E-state index in [4.69, 9.17) is 0 Å². The SMILES string of the molecule is O=C(N[C@H](CCCc1ccccc1)C(=O)O)[C@@H](O)c1ccccc1. The Kier molecular flexibility index (Phi) is 6.51. The van der Waals surface area contributed by atoms with Crippen LogP contribution in [0.2, 0.25) is 0 Å². The van der Waals surface area contributed by atoms with Gasteiger partial charge in [0, 0.05) is 0 Å². The van der Waals surface area contributed by atoms with Gasteiger partial charge in [0.2, 0.25) is 0 Å². The summed E-state index contributed by atoms with van der Waals surface area (Å²) in [6, 6.07) is 17.2. The van der Waals surface area contributed by atoms with Crippen LogP contribution in [-0.2, 0) is 16.0 Å². The molecule has 0 bridgehead atoms. The smallest absolute Gasteiger partial charge is 0.326 e. The van der Waals surface area contributed by atoms with Crippen molar-refractivity contribution in [3.63, 3.8) is 0 Å². The molecule has 0 unspecified atom stereocenters. The van der Waals surface area contributed by atoms with E-state index in [-0.39, 0.29) is 0 Å². The van der Waals surface area contributed by atoms with E-state index in [1.54, 1.807) is 30.3 Å². The van der Waals surface area contributed by atoms with Crippen molar-refractivity contribution < 1.29 is 19.8 Å². The molecular formula is C19H21NO4. The van der Waals surface area contributed by atoms with E-state index in [0.29, 0.717) is 18.4 Å². The number of carbonyl (C=O) groups excluding carboxylic acids is 1. The third-order valence-corrected chi connectivity index (χ3v) is 3.78. The molecule has 0 fully saturated rings. The van der Waals surface area contributed by atoms with Gasteiger partial charge in [0.15, 0.2) is 6.10 Å². The van der Waals surface area contributed by atoms with Gasteiger partial charge in [-0.1, -0.05) is 60.7 Å². The van der Waals surface area contributed by atoms with Gasteiger partial charge in [-0.05, 0) is 30.4 Å². The van der Waals surface area contributed by atoms with E-state index in [2.05, 4.69) is 5.32 Å². The highest BCUT2D eigenvalue weighted by Gasteiger charge is 2.24. The largest absolute Gasteiger partial charge is 0.480 e. The molecule has 1 amide bonds. The maximum absolute atomic E-state index is 12.1. The van der Waals surface area contributed by atoms with E-state index in [1.165, 1.54) is 0 Å². The van der Waals surface area contributed by atoms with Gasteiger partial charge in [-0.25, -0.2) is 4.79 Å². The quantitative estimate of drug-likeness (QED) is 0.694. The molecule has 2 aromatic carbocycles. The summed E-state index contributed by atoms with van der Waals surface area (Å²) >= 11 is 0. The zero-order valence-electron chi connectivity index (χ0n) is 13.3. The van der Waals surface area contributed by atoms with Gasteiger partial charge in [-0.15, -0.1) is 0 Å². The molecule has 0 saturated carbocycles. The second-order valence-electron chi connectivity index (χ2n) is 5.59. The number of aliphatic carboxylic acids is 1. The van der Waals surface area contributed by atoms with Gasteiger partial charge in [0.1, 0.15) is 6.04 Å². The van der Waals surface area contributed by atoms with Gasteiger partial charge in [-0.2, -0.15) is 0 Å². The molecule has 3 N–H and O–H groups in total. The summed E-state index contributed by atoms with van der Waals surface area (Å²) < 4.78 is 0. The molecule has 5 heteroatoms. The lowest BCUT2D eigenvalue weighted by atomic mass is 10.0. The lowest BCUT2D eigenvalue weighted by molar-refractivity contribution is -0.143. The van der Waals surface area contributed by atoms with Crippen LogP contribution >= 0.6 is 0 Å². The Bertz CT molecular complexity index is 658. The summed E-state index contributed by atoms with van der Waals surface area (Å²) in [6.45, 7) is 0. The maximum Gasteiger partial charge on any atom is 0.326 e. The molecule has 0 spiro atoms. The van der Waals surface area contributed by atoms with Crippen molar-refractivity contribution in [1.82, 2.24) is 5.32 Å². The molecule has 2 rings (SSSR count). The maximum atomic E-state index is 12.1. The van der Waals surface area contributed by atoms with Gasteiger partial charge < -0.3 is 15.5 Å². The number of rotatable bonds is 8. The minimum Gasteiger partial charge on any atom is -0.480 e. The van der Waals surface area contributed by atoms with E-state index < -0.39 is 24.0 Å². The monoisotopic (exact) mass is 327 g/mol. The molecule has 2 atom stereocenters. The third-order valence-electron chi connectivity index (χ3n) is 3.78. The topological polar surface area (TPSA) is 86.6 Å². The van der Waals surface area contributed by atoms with Gasteiger partial charge in [-0.3, -0.25) is 4.79 Å². The first-order valence-corrected chi connectivity index (χ1v) is 7.88. The van der Waals surface area contributed by atoms with E-state index in [0.717, 1.165) is 12.0 Å². The van der Waals surface area contributed by atoms with Crippen LogP contribution in [0.3, 0.4) is 0 Å². The summed E-state index contributed by atoms with van der Waals surface area (Å²) in [7, 11) is 0. The molecule has 5 nitrogen and oxygen atoms in total. The van der Waals surface area contributed by atoms with Crippen molar-refractivity contribution in [2.45, 2.75) is 31.4 Å². The van der Waals surface area contributed by atoms with Crippen molar-refractivity contribution in [3.05, 3.63) is 71.8 Å². The highest BCUT2D eigenvalue weighted by molar-refractivity contribution is 5.86. The Labute approximate surface area is 141 Å². The summed E-state index contributed by atoms with van der Waals surface area (Å²) in [6.07, 6.45) is 0.296. The fourth-order valence-electron chi connectivity index (χ4n) is 2.45. The Hall–Kier alpha value is -2.66.